The fraction of sp³-hybridized carbons (Fsp3) is 0.909. The van der Waals surface area contributed by atoms with Gasteiger partial charge in [-0.15, -0.1) is 0 Å². The maximum Gasteiger partial charge on any atom is 0.235 e. The van der Waals surface area contributed by atoms with Gasteiger partial charge in [-0.05, 0) is 33.2 Å². The molecule has 2 rings (SSSR count). The molecule has 2 bridgehead atoms. The first-order valence-electron chi connectivity index (χ1n) is 5.78. The summed E-state index contributed by atoms with van der Waals surface area (Å²) >= 11 is 4.23. The number of nitrogens with zero attached hydrogens (tertiary/aromatic N) is 2. The van der Waals surface area contributed by atoms with Crippen LogP contribution in [0.1, 0.15) is 26.2 Å². The maximum atomic E-state index is 11.9. The van der Waals surface area contributed by atoms with E-state index in [9.17, 15) is 4.79 Å². The number of hydrogen-bond acceptors (Lipinski definition) is 3. The average Bonchev–Trinajstić information content (AvgIpc) is 2.40. The fourth-order valence-electron chi connectivity index (χ4n) is 2.77. The van der Waals surface area contributed by atoms with Gasteiger partial charge in [0.1, 0.15) is 0 Å². The number of rotatable bonds is 1. The molecule has 86 valence electrons. The quantitative estimate of drug-likeness (QED) is 0.677. The molecular formula is C11H20N2OS. The third kappa shape index (κ3) is 2.16. The Kier molecular flexibility index (Phi) is 3.26. The molecule has 0 spiro atoms. The lowest BCUT2D eigenvalue weighted by atomic mass is 10.1. The average molecular weight is 228 g/mol. The molecule has 2 aliphatic heterocycles. The molecule has 2 fully saturated rings. The predicted molar refractivity (Wildman–Crippen MR) is 64.2 cm³/mol. The third-order valence-electron chi connectivity index (χ3n) is 3.82. The SMILES string of the molecule is CC(S)C(=O)N1CCC2CCC(C1)N2C. The van der Waals surface area contributed by atoms with Crippen LogP contribution in [-0.4, -0.2) is 53.2 Å². The van der Waals surface area contributed by atoms with Gasteiger partial charge in [-0.3, -0.25) is 9.69 Å². The number of amides is 1. The summed E-state index contributed by atoms with van der Waals surface area (Å²) in [4.78, 5) is 16.3. The van der Waals surface area contributed by atoms with Crippen LogP contribution in [0.5, 0.6) is 0 Å². The second kappa shape index (κ2) is 4.34. The molecule has 0 aromatic heterocycles. The monoisotopic (exact) mass is 228 g/mol. The molecule has 0 aromatic carbocycles. The van der Waals surface area contributed by atoms with Crippen molar-refractivity contribution in [3.05, 3.63) is 0 Å². The molecule has 0 N–H and O–H groups in total. The molecule has 3 nitrogen and oxygen atoms in total. The molecule has 1 amide bonds. The lowest BCUT2D eigenvalue weighted by Gasteiger charge is -2.26. The van der Waals surface area contributed by atoms with Gasteiger partial charge in [0.25, 0.3) is 0 Å². The van der Waals surface area contributed by atoms with E-state index in [1.54, 1.807) is 0 Å². The van der Waals surface area contributed by atoms with Gasteiger partial charge in [0.2, 0.25) is 5.91 Å². The minimum atomic E-state index is -0.160. The molecule has 0 saturated carbocycles. The van der Waals surface area contributed by atoms with E-state index in [0.717, 1.165) is 19.5 Å². The van der Waals surface area contributed by atoms with Gasteiger partial charge in [-0.25, -0.2) is 0 Å². The Morgan fingerprint density at radius 1 is 1.33 bits per heavy atom. The van der Waals surface area contributed by atoms with Crippen LogP contribution in [0.25, 0.3) is 0 Å². The highest BCUT2D eigenvalue weighted by molar-refractivity contribution is 7.81. The Balaban J connectivity index is 2.03. The lowest BCUT2D eigenvalue weighted by molar-refractivity contribution is -0.130. The largest absolute Gasteiger partial charge is 0.340 e. The zero-order valence-electron chi connectivity index (χ0n) is 9.52. The highest BCUT2D eigenvalue weighted by atomic mass is 32.1. The molecule has 2 saturated heterocycles. The van der Waals surface area contributed by atoms with Crippen molar-refractivity contribution in [3.8, 4) is 0 Å². The molecule has 15 heavy (non-hydrogen) atoms. The predicted octanol–water partition coefficient (Wildman–Crippen LogP) is 1.000. The fourth-order valence-corrected chi connectivity index (χ4v) is 2.94. The van der Waals surface area contributed by atoms with E-state index in [0.29, 0.717) is 12.1 Å². The number of carbonyl (C=O) groups is 1. The smallest absolute Gasteiger partial charge is 0.235 e. The van der Waals surface area contributed by atoms with Crippen molar-refractivity contribution in [1.82, 2.24) is 9.80 Å². The van der Waals surface area contributed by atoms with Crippen molar-refractivity contribution in [2.24, 2.45) is 0 Å². The zero-order chi connectivity index (χ0) is 11.0. The summed E-state index contributed by atoms with van der Waals surface area (Å²) in [6.45, 7) is 3.67. The van der Waals surface area contributed by atoms with E-state index in [1.807, 2.05) is 11.8 Å². The molecule has 3 atom stereocenters. The minimum absolute atomic E-state index is 0.160. The van der Waals surface area contributed by atoms with E-state index in [2.05, 4.69) is 24.6 Å². The van der Waals surface area contributed by atoms with Crippen LogP contribution < -0.4 is 0 Å². The molecule has 4 heteroatoms. The van der Waals surface area contributed by atoms with Crippen LogP contribution in [0.15, 0.2) is 0 Å². The first-order chi connectivity index (χ1) is 7.09. The van der Waals surface area contributed by atoms with E-state index < -0.39 is 0 Å². The van der Waals surface area contributed by atoms with Crippen molar-refractivity contribution in [3.63, 3.8) is 0 Å². The summed E-state index contributed by atoms with van der Waals surface area (Å²) in [5.74, 6) is 0.194. The molecule has 3 unspecified atom stereocenters. The van der Waals surface area contributed by atoms with Crippen LogP contribution >= 0.6 is 12.6 Å². The molecule has 2 aliphatic rings. The van der Waals surface area contributed by atoms with E-state index in [4.69, 9.17) is 0 Å². The van der Waals surface area contributed by atoms with E-state index >= 15 is 0 Å². The summed E-state index contributed by atoms with van der Waals surface area (Å²) < 4.78 is 0. The van der Waals surface area contributed by atoms with Crippen molar-refractivity contribution in [1.29, 1.82) is 0 Å². The molecular weight excluding hydrogens is 208 g/mol. The first kappa shape index (κ1) is 11.3. The maximum absolute atomic E-state index is 11.9. The summed E-state index contributed by atoms with van der Waals surface area (Å²) in [5.41, 5.74) is 0. The van der Waals surface area contributed by atoms with Crippen molar-refractivity contribution in [2.75, 3.05) is 20.1 Å². The summed E-state index contributed by atoms with van der Waals surface area (Å²) in [5, 5.41) is -0.160. The Bertz CT molecular complexity index is 257. The Hall–Kier alpha value is -0.220. The van der Waals surface area contributed by atoms with E-state index in [-0.39, 0.29) is 11.2 Å². The van der Waals surface area contributed by atoms with Crippen LogP contribution in [0, 0.1) is 0 Å². The molecule has 0 aromatic rings. The van der Waals surface area contributed by atoms with Crippen LogP contribution in [-0.2, 0) is 4.79 Å². The summed E-state index contributed by atoms with van der Waals surface area (Å²) in [6, 6.07) is 1.27. The number of thiol groups is 1. The topological polar surface area (TPSA) is 23.6 Å². The number of hydrogen-bond donors (Lipinski definition) is 1. The van der Waals surface area contributed by atoms with Gasteiger partial charge in [0.15, 0.2) is 0 Å². The standard InChI is InChI=1S/C11H20N2OS/c1-8(15)11(14)13-6-5-9-3-4-10(7-13)12(9)2/h8-10,15H,3-7H2,1-2H3. The van der Waals surface area contributed by atoms with Gasteiger partial charge >= 0.3 is 0 Å². The minimum Gasteiger partial charge on any atom is -0.340 e. The number of fused-ring (bicyclic) bond motifs is 2. The van der Waals surface area contributed by atoms with Crippen molar-refractivity contribution >= 4 is 18.5 Å². The second-order valence-electron chi connectivity index (χ2n) is 4.80. The van der Waals surface area contributed by atoms with Crippen molar-refractivity contribution < 1.29 is 4.79 Å². The molecule has 2 heterocycles. The Morgan fingerprint density at radius 3 is 2.67 bits per heavy atom. The Morgan fingerprint density at radius 2 is 2.00 bits per heavy atom. The van der Waals surface area contributed by atoms with Gasteiger partial charge in [0, 0.05) is 25.2 Å². The lowest BCUT2D eigenvalue weighted by Crippen LogP contribution is -2.42. The van der Waals surface area contributed by atoms with Gasteiger partial charge < -0.3 is 4.90 Å². The first-order valence-corrected chi connectivity index (χ1v) is 6.30. The van der Waals surface area contributed by atoms with Crippen LogP contribution in [0.3, 0.4) is 0 Å². The highest BCUT2D eigenvalue weighted by Gasteiger charge is 2.36. The van der Waals surface area contributed by atoms with Gasteiger partial charge in [-0.2, -0.15) is 12.6 Å². The van der Waals surface area contributed by atoms with Gasteiger partial charge in [-0.1, -0.05) is 0 Å². The summed E-state index contributed by atoms with van der Waals surface area (Å²) in [7, 11) is 2.19. The van der Waals surface area contributed by atoms with Crippen LogP contribution in [0.2, 0.25) is 0 Å². The second-order valence-corrected chi connectivity index (χ2v) is 5.57. The molecule has 0 aliphatic carbocycles. The normalized spacial score (nSPS) is 33.9. The Labute approximate surface area is 97.2 Å². The number of carbonyl (C=O) groups excluding carboxylic acids is 1. The molecule has 0 radical (unpaired) electrons. The highest BCUT2D eigenvalue weighted by Crippen LogP contribution is 2.28. The van der Waals surface area contributed by atoms with Gasteiger partial charge in [0.05, 0.1) is 5.25 Å². The van der Waals surface area contributed by atoms with Crippen molar-refractivity contribution in [2.45, 2.75) is 43.5 Å². The van der Waals surface area contributed by atoms with Crippen LogP contribution in [0.4, 0.5) is 0 Å². The van der Waals surface area contributed by atoms with E-state index in [1.165, 1.54) is 12.8 Å². The summed E-state index contributed by atoms with van der Waals surface area (Å²) in [6.07, 6.45) is 3.67. The number of likely N-dealkylation sites (tertiary alicyclic amines) is 1. The zero-order valence-corrected chi connectivity index (χ0v) is 10.4. The third-order valence-corrected chi connectivity index (χ3v) is 4.04. The number of likely N-dealkylation sites (N-methyl/N-ethyl adjacent to an activating group) is 1.